The molecular weight excluding hydrogens is 425 g/mol. The van der Waals surface area contributed by atoms with Crippen LogP contribution in [0.5, 0.6) is 0 Å². The van der Waals surface area contributed by atoms with Crippen LogP contribution in [0.4, 0.5) is 10.5 Å². The molecule has 1 amide bonds. The number of anilines is 1. The summed E-state index contributed by atoms with van der Waals surface area (Å²) in [7, 11) is 0. The molecule has 1 aliphatic rings. The molecule has 1 aromatic heterocycles. The number of nitrogens with zero attached hydrogens (tertiary/aromatic N) is 2. The van der Waals surface area contributed by atoms with Crippen LogP contribution in [0.15, 0.2) is 36.5 Å². The van der Waals surface area contributed by atoms with Gasteiger partial charge in [0.1, 0.15) is 6.10 Å². The molecule has 2 N–H and O–H groups in total. The van der Waals surface area contributed by atoms with Gasteiger partial charge in [0, 0.05) is 31.5 Å². The highest BCUT2D eigenvalue weighted by Gasteiger charge is 2.32. The fraction of sp³-hybridized carbons (Fsp3) is 0.455. The highest BCUT2D eigenvalue weighted by Crippen LogP contribution is 2.34. The maximum absolute atomic E-state index is 12.1. The molecule has 0 spiro atoms. The molecular formula is C22H27Cl2N3O3. The smallest absolute Gasteiger partial charge is 0.410 e. The summed E-state index contributed by atoms with van der Waals surface area (Å²) >= 11 is 12.2. The molecule has 30 heavy (non-hydrogen) atoms. The molecule has 1 saturated heterocycles. The minimum absolute atomic E-state index is 0.304. The second-order valence-corrected chi connectivity index (χ2v) is 8.13. The fourth-order valence-electron chi connectivity index (χ4n) is 3.34. The molecule has 0 aliphatic carbocycles. The van der Waals surface area contributed by atoms with Crippen LogP contribution >= 0.6 is 23.2 Å². The van der Waals surface area contributed by atoms with Crippen molar-refractivity contribution in [1.82, 2.24) is 9.88 Å². The van der Waals surface area contributed by atoms with Gasteiger partial charge in [-0.1, -0.05) is 42.1 Å². The van der Waals surface area contributed by atoms with Crippen LogP contribution < -0.4 is 5.73 Å². The lowest BCUT2D eigenvalue weighted by Gasteiger charge is -2.13. The van der Waals surface area contributed by atoms with Crippen molar-refractivity contribution in [2.45, 2.75) is 38.2 Å². The summed E-state index contributed by atoms with van der Waals surface area (Å²) in [5.41, 5.74) is 7.92. The van der Waals surface area contributed by atoms with Crippen LogP contribution in [0, 0.1) is 0 Å². The maximum atomic E-state index is 12.1. The number of nitrogen functional groups attached to an aromatic ring is 1. The summed E-state index contributed by atoms with van der Waals surface area (Å²) in [5, 5.41) is 0.739. The summed E-state index contributed by atoms with van der Waals surface area (Å²) in [6, 6.07) is 9.32. The molecule has 1 aliphatic heterocycles. The lowest BCUT2D eigenvalue weighted by atomic mass is 10.1. The quantitative estimate of drug-likeness (QED) is 0.371. The van der Waals surface area contributed by atoms with Crippen LogP contribution in [0.1, 0.15) is 43.0 Å². The van der Waals surface area contributed by atoms with Crippen molar-refractivity contribution in [3.05, 3.63) is 57.8 Å². The zero-order chi connectivity index (χ0) is 21.3. The minimum atomic E-state index is -0.374. The number of pyridine rings is 1. The van der Waals surface area contributed by atoms with E-state index >= 15 is 0 Å². The van der Waals surface area contributed by atoms with Gasteiger partial charge in [-0.15, -0.1) is 0 Å². The Morgan fingerprint density at radius 1 is 1.13 bits per heavy atom. The molecule has 2 heterocycles. The molecule has 1 unspecified atom stereocenters. The molecule has 3 rings (SSSR count). The number of carbonyl (C=O) groups is 1. The Balaban J connectivity index is 1.28. The van der Waals surface area contributed by atoms with E-state index in [1.165, 1.54) is 0 Å². The van der Waals surface area contributed by atoms with Crippen LogP contribution in [0.3, 0.4) is 0 Å². The number of nitrogens with two attached hydrogens (primary N) is 1. The molecule has 1 atom stereocenters. The monoisotopic (exact) mass is 451 g/mol. The number of aromatic nitrogens is 1. The van der Waals surface area contributed by atoms with Gasteiger partial charge in [0.05, 0.1) is 28.9 Å². The molecule has 2 aromatic rings. The highest BCUT2D eigenvalue weighted by molar-refractivity contribution is 6.38. The van der Waals surface area contributed by atoms with Gasteiger partial charge >= 0.3 is 6.09 Å². The third-order valence-corrected chi connectivity index (χ3v) is 5.68. The number of hydrogen-bond donors (Lipinski definition) is 1. The van der Waals surface area contributed by atoms with Gasteiger partial charge < -0.3 is 20.1 Å². The Labute approximate surface area is 187 Å². The van der Waals surface area contributed by atoms with E-state index in [2.05, 4.69) is 4.98 Å². The van der Waals surface area contributed by atoms with Crippen molar-refractivity contribution in [3.8, 4) is 0 Å². The lowest BCUT2D eigenvalue weighted by Crippen LogP contribution is -2.25. The van der Waals surface area contributed by atoms with E-state index in [1.54, 1.807) is 23.2 Å². The number of rotatable bonds is 11. The minimum Gasteiger partial charge on any atom is -0.439 e. The normalized spacial score (nSPS) is 16.1. The highest BCUT2D eigenvalue weighted by atomic mass is 35.5. The van der Waals surface area contributed by atoms with Crippen LogP contribution in [0.2, 0.25) is 10.0 Å². The lowest BCUT2D eigenvalue weighted by molar-refractivity contribution is 0.130. The number of halogens is 2. The topological polar surface area (TPSA) is 77.7 Å². The molecule has 0 bridgehead atoms. The van der Waals surface area contributed by atoms with Gasteiger partial charge in [0.25, 0.3) is 0 Å². The Morgan fingerprint density at radius 3 is 2.63 bits per heavy atom. The summed E-state index contributed by atoms with van der Waals surface area (Å²) < 4.78 is 11.1. The Morgan fingerprint density at radius 2 is 1.90 bits per heavy atom. The van der Waals surface area contributed by atoms with Crippen LogP contribution in [-0.4, -0.2) is 42.3 Å². The Hall–Kier alpha value is -2.02. The van der Waals surface area contributed by atoms with Crippen molar-refractivity contribution in [2.75, 3.05) is 32.0 Å². The van der Waals surface area contributed by atoms with Gasteiger partial charge in [-0.3, -0.25) is 4.98 Å². The van der Waals surface area contributed by atoms with Crippen molar-refractivity contribution >= 4 is 35.0 Å². The van der Waals surface area contributed by atoms with Gasteiger partial charge in [-0.05, 0) is 42.7 Å². The number of amides is 1. The van der Waals surface area contributed by atoms with Crippen molar-refractivity contribution in [2.24, 2.45) is 0 Å². The number of unbranched alkanes of at least 4 members (excludes halogenated alkanes) is 3. The Kier molecular flexibility index (Phi) is 8.61. The Bertz CT molecular complexity index is 813. The van der Waals surface area contributed by atoms with E-state index in [0.29, 0.717) is 35.4 Å². The standard InChI is InChI=1S/C22H27Cl2N3O3/c23-18-13-16(14-19(24)21(18)25)20-15-27(22(28)30-20)10-5-1-2-6-11-29-12-8-17-7-3-4-9-26-17/h3-4,7,9,13-14,20H,1-2,5-6,8,10-12,15,25H2. The molecule has 6 nitrogen and oxygen atoms in total. The van der Waals surface area contributed by atoms with E-state index in [4.69, 9.17) is 38.4 Å². The largest absolute Gasteiger partial charge is 0.439 e. The molecule has 1 fully saturated rings. The first-order valence-corrected chi connectivity index (χ1v) is 11.0. The van der Waals surface area contributed by atoms with E-state index in [1.807, 2.05) is 18.2 Å². The first-order chi connectivity index (χ1) is 14.5. The number of ether oxygens (including phenoxy) is 2. The molecule has 0 radical (unpaired) electrons. The summed E-state index contributed by atoms with van der Waals surface area (Å²) in [5.74, 6) is 0. The van der Waals surface area contributed by atoms with Crippen molar-refractivity contribution in [3.63, 3.8) is 0 Å². The first kappa shape index (κ1) is 22.7. The zero-order valence-corrected chi connectivity index (χ0v) is 18.4. The van der Waals surface area contributed by atoms with Crippen LogP contribution in [-0.2, 0) is 15.9 Å². The first-order valence-electron chi connectivity index (χ1n) is 10.2. The van der Waals surface area contributed by atoms with Gasteiger partial charge in [-0.25, -0.2) is 4.79 Å². The van der Waals surface area contributed by atoms with Crippen molar-refractivity contribution in [1.29, 1.82) is 0 Å². The predicted octanol–water partition coefficient (Wildman–Crippen LogP) is 5.28. The van der Waals surface area contributed by atoms with Gasteiger partial charge in [0.15, 0.2) is 0 Å². The second kappa shape index (κ2) is 11.4. The number of hydrogen-bond acceptors (Lipinski definition) is 5. The van der Waals surface area contributed by atoms with E-state index in [0.717, 1.165) is 50.0 Å². The van der Waals surface area contributed by atoms with Crippen molar-refractivity contribution < 1.29 is 14.3 Å². The SMILES string of the molecule is Nc1c(Cl)cc(C2CN(CCCCCCOCCc3ccccn3)C(=O)O2)cc1Cl. The van der Waals surface area contributed by atoms with Gasteiger partial charge in [-0.2, -0.15) is 0 Å². The maximum Gasteiger partial charge on any atom is 0.410 e. The number of cyclic esters (lactones) is 1. The summed E-state index contributed by atoms with van der Waals surface area (Å²) in [6.07, 6.45) is 6.01. The second-order valence-electron chi connectivity index (χ2n) is 7.31. The fourth-order valence-corrected chi connectivity index (χ4v) is 3.84. The molecule has 8 heteroatoms. The van der Waals surface area contributed by atoms with E-state index < -0.39 is 0 Å². The number of benzene rings is 1. The predicted molar refractivity (Wildman–Crippen MR) is 119 cm³/mol. The van der Waals surface area contributed by atoms with Crippen LogP contribution in [0.25, 0.3) is 0 Å². The summed E-state index contributed by atoms with van der Waals surface area (Å²) in [4.78, 5) is 18.1. The average molecular weight is 452 g/mol. The van der Waals surface area contributed by atoms with E-state index in [9.17, 15) is 4.79 Å². The zero-order valence-electron chi connectivity index (χ0n) is 16.9. The average Bonchev–Trinajstić information content (AvgIpc) is 3.11. The van der Waals surface area contributed by atoms with E-state index in [-0.39, 0.29) is 12.2 Å². The molecule has 0 saturated carbocycles. The third-order valence-electron chi connectivity index (χ3n) is 5.06. The molecule has 1 aromatic carbocycles. The third kappa shape index (κ3) is 6.49. The number of carbonyl (C=O) groups excluding carboxylic acids is 1. The molecule has 162 valence electrons. The van der Waals surface area contributed by atoms with Gasteiger partial charge in [0.2, 0.25) is 0 Å². The summed E-state index contributed by atoms with van der Waals surface area (Å²) in [6.45, 7) is 2.61.